The van der Waals surface area contributed by atoms with Gasteiger partial charge in [0.2, 0.25) is 0 Å². The molecule has 0 saturated carbocycles. The number of aryl methyl sites for hydroxylation is 1. The van der Waals surface area contributed by atoms with Crippen LogP contribution in [0.15, 0.2) is 36.9 Å². The van der Waals surface area contributed by atoms with Gasteiger partial charge >= 0.3 is 0 Å². The van der Waals surface area contributed by atoms with Crippen molar-refractivity contribution in [3.05, 3.63) is 53.9 Å². The Morgan fingerprint density at radius 2 is 2.23 bits per heavy atom. The summed E-state index contributed by atoms with van der Waals surface area (Å²) in [4.78, 5) is 30.6. The Kier molecular flexibility index (Phi) is 4.62. The summed E-state index contributed by atoms with van der Waals surface area (Å²) in [6.07, 6.45) is 4.00. The van der Waals surface area contributed by atoms with E-state index in [1.165, 1.54) is 0 Å². The summed E-state index contributed by atoms with van der Waals surface area (Å²) in [7, 11) is 0. The molecule has 1 saturated heterocycles. The number of rotatable bonds is 3. The number of nitrogens with zero attached hydrogens (tertiary/aromatic N) is 4. The molecular weight excluding hydrogens is 330 g/mol. The molecule has 0 radical (unpaired) electrons. The van der Waals surface area contributed by atoms with Crippen LogP contribution in [-0.2, 0) is 11.2 Å². The highest BCUT2D eigenvalue weighted by molar-refractivity contribution is 5.97. The van der Waals surface area contributed by atoms with Crippen molar-refractivity contribution >= 4 is 16.9 Å². The molecule has 1 aliphatic heterocycles. The van der Waals surface area contributed by atoms with Crippen molar-refractivity contribution in [2.24, 2.45) is 5.92 Å². The number of hydrogen-bond acceptors (Lipinski definition) is 5. The van der Waals surface area contributed by atoms with Crippen molar-refractivity contribution < 1.29 is 9.53 Å². The Hall–Kier alpha value is -2.80. The largest absolute Gasteiger partial charge is 0.379 e. The standard InChI is InChI=1S/C19H21N5O2/c1-13-6-16(21-11-20-13)7-14-9-24(4-5-26-10-14)19(25)15-2-3-17-18(8-15)23-12-22-17/h2-3,6,8,11-12,14H,4-5,7,9-10H2,1H3,(H,22,23). The second-order valence-corrected chi connectivity index (χ2v) is 6.68. The van der Waals surface area contributed by atoms with Crippen LogP contribution in [0.5, 0.6) is 0 Å². The lowest BCUT2D eigenvalue weighted by Gasteiger charge is -2.23. The zero-order chi connectivity index (χ0) is 17.9. The molecule has 3 aromatic rings. The minimum Gasteiger partial charge on any atom is -0.379 e. The number of benzene rings is 1. The van der Waals surface area contributed by atoms with Gasteiger partial charge in [-0.3, -0.25) is 4.79 Å². The van der Waals surface area contributed by atoms with Gasteiger partial charge in [-0.15, -0.1) is 0 Å². The molecule has 3 heterocycles. The van der Waals surface area contributed by atoms with Crippen LogP contribution in [0.25, 0.3) is 11.0 Å². The molecule has 26 heavy (non-hydrogen) atoms. The van der Waals surface area contributed by atoms with Gasteiger partial charge in [0.25, 0.3) is 5.91 Å². The first-order chi connectivity index (χ1) is 12.7. The van der Waals surface area contributed by atoms with Gasteiger partial charge in [0.05, 0.1) is 30.6 Å². The van der Waals surface area contributed by atoms with E-state index in [0.29, 0.717) is 31.9 Å². The van der Waals surface area contributed by atoms with Crippen molar-refractivity contribution in [2.75, 3.05) is 26.3 Å². The Bertz CT molecular complexity index is 923. The number of hydrogen-bond donors (Lipinski definition) is 1. The molecule has 1 N–H and O–H groups in total. The van der Waals surface area contributed by atoms with E-state index < -0.39 is 0 Å². The first-order valence-corrected chi connectivity index (χ1v) is 8.77. The molecule has 2 aromatic heterocycles. The van der Waals surface area contributed by atoms with Crippen LogP contribution in [0.2, 0.25) is 0 Å². The SMILES string of the molecule is Cc1cc(CC2COCCN(C(=O)c3ccc4nc[nH]c4c3)C2)ncn1. The highest BCUT2D eigenvalue weighted by Gasteiger charge is 2.24. The molecule has 0 spiro atoms. The summed E-state index contributed by atoms with van der Waals surface area (Å²) < 4.78 is 5.73. The first kappa shape index (κ1) is 16.7. The molecule has 1 aromatic carbocycles. The number of carbonyl (C=O) groups excluding carboxylic acids is 1. The summed E-state index contributed by atoms with van der Waals surface area (Å²) in [5.41, 5.74) is 4.33. The van der Waals surface area contributed by atoms with Gasteiger partial charge in [-0.25, -0.2) is 15.0 Å². The van der Waals surface area contributed by atoms with Crippen LogP contribution in [-0.4, -0.2) is 57.0 Å². The smallest absolute Gasteiger partial charge is 0.254 e. The Balaban J connectivity index is 1.50. The van der Waals surface area contributed by atoms with Gasteiger partial charge in [0, 0.05) is 36.0 Å². The van der Waals surface area contributed by atoms with Gasteiger partial charge in [0.15, 0.2) is 0 Å². The van der Waals surface area contributed by atoms with E-state index in [1.807, 2.05) is 36.1 Å². The Labute approximate surface area is 151 Å². The van der Waals surface area contributed by atoms with Gasteiger partial charge < -0.3 is 14.6 Å². The maximum atomic E-state index is 13.0. The number of aromatic amines is 1. The predicted molar refractivity (Wildman–Crippen MR) is 96.8 cm³/mol. The maximum Gasteiger partial charge on any atom is 0.254 e. The van der Waals surface area contributed by atoms with E-state index >= 15 is 0 Å². The molecule has 1 fully saturated rings. The van der Waals surface area contributed by atoms with Crippen molar-refractivity contribution in [1.82, 2.24) is 24.8 Å². The van der Waals surface area contributed by atoms with Crippen molar-refractivity contribution in [3.8, 4) is 0 Å². The molecule has 0 aliphatic carbocycles. The lowest BCUT2D eigenvalue weighted by molar-refractivity contribution is 0.0737. The fraction of sp³-hybridized carbons (Fsp3) is 0.368. The third-order valence-electron chi connectivity index (χ3n) is 4.65. The Morgan fingerprint density at radius 1 is 1.31 bits per heavy atom. The highest BCUT2D eigenvalue weighted by atomic mass is 16.5. The summed E-state index contributed by atoms with van der Waals surface area (Å²) in [5, 5.41) is 0. The lowest BCUT2D eigenvalue weighted by Crippen LogP contribution is -2.36. The lowest BCUT2D eigenvalue weighted by atomic mass is 10.0. The third-order valence-corrected chi connectivity index (χ3v) is 4.65. The van der Waals surface area contributed by atoms with Crippen LogP contribution < -0.4 is 0 Å². The fourth-order valence-electron chi connectivity index (χ4n) is 3.36. The normalized spacial score (nSPS) is 18.0. The number of fused-ring (bicyclic) bond motifs is 1. The van der Waals surface area contributed by atoms with E-state index in [4.69, 9.17) is 4.74 Å². The average molecular weight is 351 g/mol. The zero-order valence-corrected chi connectivity index (χ0v) is 14.7. The van der Waals surface area contributed by atoms with Crippen LogP contribution in [0, 0.1) is 12.8 Å². The van der Waals surface area contributed by atoms with E-state index in [0.717, 1.165) is 28.8 Å². The second kappa shape index (κ2) is 7.21. The number of amides is 1. The van der Waals surface area contributed by atoms with Crippen molar-refractivity contribution in [2.45, 2.75) is 13.3 Å². The molecule has 1 aliphatic rings. The second-order valence-electron chi connectivity index (χ2n) is 6.68. The molecule has 7 heteroatoms. The zero-order valence-electron chi connectivity index (χ0n) is 14.7. The van der Waals surface area contributed by atoms with E-state index in [2.05, 4.69) is 19.9 Å². The minimum absolute atomic E-state index is 0.0240. The maximum absolute atomic E-state index is 13.0. The molecule has 1 atom stereocenters. The van der Waals surface area contributed by atoms with E-state index in [1.54, 1.807) is 12.7 Å². The fourth-order valence-corrected chi connectivity index (χ4v) is 3.36. The van der Waals surface area contributed by atoms with Gasteiger partial charge in [0.1, 0.15) is 6.33 Å². The summed E-state index contributed by atoms with van der Waals surface area (Å²) in [6.45, 7) is 4.39. The molecular formula is C19H21N5O2. The average Bonchev–Trinajstić information content (AvgIpc) is 2.99. The summed E-state index contributed by atoms with van der Waals surface area (Å²) in [6, 6.07) is 7.55. The molecule has 7 nitrogen and oxygen atoms in total. The molecule has 1 unspecified atom stereocenters. The third kappa shape index (κ3) is 3.57. The number of aromatic nitrogens is 4. The highest BCUT2D eigenvalue weighted by Crippen LogP contribution is 2.17. The van der Waals surface area contributed by atoms with Crippen LogP contribution in [0.3, 0.4) is 0 Å². The molecule has 134 valence electrons. The van der Waals surface area contributed by atoms with Gasteiger partial charge in [-0.1, -0.05) is 0 Å². The van der Waals surface area contributed by atoms with Crippen LogP contribution >= 0.6 is 0 Å². The topological polar surface area (TPSA) is 84.0 Å². The number of H-pyrrole nitrogens is 1. The summed E-state index contributed by atoms with van der Waals surface area (Å²) in [5.74, 6) is 0.238. The number of carbonyl (C=O) groups is 1. The molecule has 1 amide bonds. The first-order valence-electron chi connectivity index (χ1n) is 8.77. The number of imidazole rings is 1. The molecule has 0 bridgehead atoms. The van der Waals surface area contributed by atoms with E-state index in [-0.39, 0.29) is 11.8 Å². The van der Waals surface area contributed by atoms with Gasteiger partial charge in [-0.05, 0) is 37.6 Å². The van der Waals surface area contributed by atoms with Crippen LogP contribution in [0.4, 0.5) is 0 Å². The van der Waals surface area contributed by atoms with E-state index in [9.17, 15) is 4.79 Å². The predicted octanol–water partition coefficient (Wildman–Crippen LogP) is 1.99. The minimum atomic E-state index is 0.0240. The monoisotopic (exact) mass is 351 g/mol. The summed E-state index contributed by atoms with van der Waals surface area (Å²) >= 11 is 0. The quantitative estimate of drug-likeness (QED) is 0.780. The van der Waals surface area contributed by atoms with Crippen LogP contribution in [0.1, 0.15) is 21.7 Å². The number of ether oxygens (including phenoxy) is 1. The van der Waals surface area contributed by atoms with Crippen molar-refractivity contribution in [1.29, 1.82) is 0 Å². The van der Waals surface area contributed by atoms with Crippen molar-refractivity contribution in [3.63, 3.8) is 0 Å². The number of nitrogens with one attached hydrogen (secondary N) is 1. The van der Waals surface area contributed by atoms with Gasteiger partial charge in [-0.2, -0.15) is 0 Å². The molecule has 4 rings (SSSR count). The Morgan fingerprint density at radius 3 is 3.12 bits per heavy atom.